The van der Waals surface area contributed by atoms with Crippen LogP contribution in [0.3, 0.4) is 0 Å². The van der Waals surface area contributed by atoms with Gasteiger partial charge < -0.3 is 9.57 Å². The van der Waals surface area contributed by atoms with E-state index in [2.05, 4.69) is 20.8 Å². The van der Waals surface area contributed by atoms with E-state index in [0.29, 0.717) is 4.90 Å². The third kappa shape index (κ3) is 1.69. The van der Waals surface area contributed by atoms with Gasteiger partial charge in [0.05, 0.1) is 13.2 Å². The van der Waals surface area contributed by atoms with Crippen LogP contribution in [0, 0.1) is 0 Å². The first-order valence-corrected chi connectivity index (χ1v) is 5.60. The summed E-state index contributed by atoms with van der Waals surface area (Å²) in [6.45, 7) is 0.968. The SMILES string of the molecule is CC(=O)ON1C(=O)[C@@H](Br)C2(F)OCCN2C1=O. The van der Waals surface area contributed by atoms with E-state index in [-0.39, 0.29) is 18.2 Å². The maximum Gasteiger partial charge on any atom is 0.365 e. The van der Waals surface area contributed by atoms with Crippen LogP contribution in [0.25, 0.3) is 0 Å². The lowest BCUT2D eigenvalue weighted by molar-refractivity contribution is -0.222. The molecule has 2 atom stereocenters. The van der Waals surface area contributed by atoms with E-state index in [1.165, 1.54) is 0 Å². The normalized spacial score (nSPS) is 32.8. The standard InChI is InChI=1S/C8H8BrFN2O5/c1-4(13)17-12-6(14)5(9)8(10)11(7(12)15)2-3-16-8/h5H,2-3H2,1H3/t5-,8?/m1/s1. The average molecular weight is 311 g/mol. The van der Waals surface area contributed by atoms with Crippen molar-refractivity contribution in [1.82, 2.24) is 9.96 Å². The first kappa shape index (κ1) is 12.2. The van der Waals surface area contributed by atoms with Crippen LogP contribution in [0.1, 0.15) is 6.92 Å². The Bertz CT molecular complexity index is 405. The highest BCUT2D eigenvalue weighted by Crippen LogP contribution is 2.38. The fraction of sp³-hybridized carbons (Fsp3) is 0.625. The van der Waals surface area contributed by atoms with Gasteiger partial charge in [0.25, 0.3) is 5.91 Å². The molecule has 0 aromatic carbocycles. The largest absolute Gasteiger partial charge is 0.365 e. The van der Waals surface area contributed by atoms with Crippen LogP contribution < -0.4 is 0 Å². The summed E-state index contributed by atoms with van der Waals surface area (Å²) >= 11 is 2.80. The third-order valence-corrected chi connectivity index (χ3v) is 3.30. The number of carbonyl (C=O) groups excluding carboxylic acids is 3. The van der Waals surface area contributed by atoms with Crippen molar-refractivity contribution in [2.75, 3.05) is 13.2 Å². The molecule has 0 aromatic heterocycles. The van der Waals surface area contributed by atoms with Crippen LogP contribution >= 0.6 is 15.9 Å². The zero-order valence-electron chi connectivity index (χ0n) is 8.68. The van der Waals surface area contributed by atoms with Gasteiger partial charge in [-0.1, -0.05) is 21.0 Å². The van der Waals surface area contributed by atoms with Crippen molar-refractivity contribution in [2.45, 2.75) is 17.7 Å². The monoisotopic (exact) mass is 310 g/mol. The smallest absolute Gasteiger partial charge is 0.329 e. The van der Waals surface area contributed by atoms with Gasteiger partial charge in [0.2, 0.25) is 0 Å². The molecule has 2 fully saturated rings. The number of nitrogens with zero attached hydrogens (tertiary/aromatic N) is 2. The second-order valence-electron chi connectivity index (χ2n) is 3.47. The van der Waals surface area contributed by atoms with E-state index in [1.54, 1.807) is 0 Å². The van der Waals surface area contributed by atoms with E-state index in [1.807, 2.05) is 0 Å². The first-order valence-electron chi connectivity index (χ1n) is 4.69. The summed E-state index contributed by atoms with van der Waals surface area (Å²) in [6, 6.07) is -1.05. The predicted octanol–water partition coefficient (Wildman–Crippen LogP) is 0.146. The molecule has 9 heteroatoms. The van der Waals surface area contributed by atoms with Crippen LogP contribution in [-0.2, 0) is 19.2 Å². The Morgan fingerprint density at radius 1 is 1.65 bits per heavy atom. The molecule has 94 valence electrons. The molecular weight excluding hydrogens is 303 g/mol. The number of ether oxygens (including phenoxy) is 1. The molecule has 0 radical (unpaired) electrons. The molecule has 17 heavy (non-hydrogen) atoms. The molecule has 7 nitrogen and oxygen atoms in total. The number of hydrogen-bond acceptors (Lipinski definition) is 5. The third-order valence-electron chi connectivity index (χ3n) is 2.34. The Morgan fingerprint density at radius 3 is 2.88 bits per heavy atom. The molecule has 2 aliphatic heterocycles. The molecule has 0 saturated carbocycles. The average Bonchev–Trinajstić information content (AvgIpc) is 2.65. The van der Waals surface area contributed by atoms with Crippen LogP contribution in [0.5, 0.6) is 0 Å². The number of fused-ring (bicyclic) bond motifs is 1. The van der Waals surface area contributed by atoms with Crippen LogP contribution in [0.2, 0.25) is 0 Å². The van der Waals surface area contributed by atoms with Gasteiger partial charge in [-0.3, -0.25) is 9.69 Å². The Balaban J connectivity index is 2.32. The lowest BCUT2D eigenvalue weighted by Crippen LogP contribution is -2.66. The minimum atomic E-state index is -2.52. The van der Waals surface area contributed by atoms with Gasteiger partial charge in [0.1, 0.15) is 0 Å². The van der Waals surface area contributed by atoms with Crippen LogP contribution in [0.4, 0.5) is 9.18 Å². The summed E-state index contributed by atoms with van der Waals surface area (Å²) in [5.74, 6) is -4.39. The molecule has 0 spiro atoms. The lowest BCUT2D eigenvalue weighted by Gasteiger charge is -2.39. The van der Waals surface area contributed by atoms with E-state index in [4.69, 9.17) is 4.74 Å². The van der Waals surface area contributed by atoms with E-state index >= 15 is 0 Å². The molecular formula is C8H8BrFN2O5. The Hall–Kier alpha value is -1.22. The van der Waals surface area contributed by atoms with E-state index in [0.717, 1.165) is 6.92 Å². The molecule has 0 bridgehead atoms. The molecule has 2 saturated heterocycles. The lowest BCUT2D eigenvalue weighted by atomic mass is 10.2. The van der Waals surface area contributed by atoms with Crippen molar-refractivity contribution < 1.29 is 28.3 Å². The summed E-state index contributed by atoms with van der Waals surface area (Å²) in [7, 11) is 0. The number of alkyl halides is 2. The summed E-state index contributed by atoms with van der Waals surface area (Å²) in [4.78, 5) is 37.8. The van der Waals surface area contributed by atoms with Crippen molar-refractivity contribution in [2.24, 2.45) is 0 Å². The predicted molar refractivity (Wildman–Crippen MR) is 53.2 cm³/mol. The van der Waals surface area contributed by atoms with Crippen molar-refractivity contribution >= 4 is 33.8 Å². The van der Waals surface area contributed by atoms with Crippen molar-refractivity contribution in [3.05, 3.63) is 0 Å². The summed E-state index contributed by atoms with van der Waals surface area (Å²) in [6.07, 6.45) is 0. The summed E-state index contributed by atoms with van der Waals surface area (Å²) in [5.41, 5.74) is 0. The first-order chi connectivity index (χ1) is 7.88. The highest BCUT2D eigenvalue weighted by molar-refractivity contribution is 9.10. The number of hydroxylamine groups is 2. The van der Waals surface area contributed by atoms with E-state index < -0.39 is 28.7 Å². The molecule has 2 rings (SSSR count). The zero-order valence-corrected chi connectivity index (χ0v) is 10.3. The maximum absolute atomic E-state index is 14.2. The molecule has 3 amide bonds. The van der Waals surface area contributed by atoms with Crippen molar-refractivity contribution in [3.63, 3.8) is 0 Å². The second kappa shape index (κ2) is 3.91. The molecule has 0 N–H and O–H groups in total. The topological polar surface area (TPSA) is 76.2 Å². The van der Waals surface area contributed by atoms with Crippen LogP contribution in [-0.4, -0.2) is 51.8 Å². The molecule has 2 aliphatic rings. The van der Waals surface area contributed by atoms with Gasteiger partial charge >= 0.3 is 18.0 Å². The van der Waals surface area contributed by atoms with Gasteiger partial charge in [-0.25, -0.2) is 9.59 Å². The highest BCUT2D eigenvalue weighted by atomic mass is 79.9. The Kier molecular flexibility index (Phi) is 2.82. The Morgan fingerprint density at radius 2 is 2.29 bits per heavy atom. The number of halogens is 2. The molecule has 0 aliphatic carbocycles. The van der Waals surface area contributed by atoms with Gasteiger partial charge in [0, 0.05) is 6.92 Å². The number of urea groups is 1. The number of rotatable bonds is 1. The number of carbonyl (C=O) groups is 3. The molecule has 0 aromatic rings. The number of hydrogen-bond donors (Lipinski definition) is 0. The van der Waals surface area contributed by atoms with Crippen LogP contribution in [0.15, 0.2) is 0 Å². The number of imide groups is 1. The van der Waals surface area contributed by atoms with Gasteiger partial charge in [-0.05, 0) is 0 Å². The van der Waals surface area contributed by atoms with E-state index in [9.17, 15) is 18.8 Å². The maximum atomic E-state index is 14.2. The minimum absolute atomic E-state index is 0.0253. The highest BCUT2D eigenvalue weighted by Gasteiger charge is 2.62. The fourth-order valence-electron chi connectivity index (χ4n) is 1.62. The summed E-state index contributed by atoms with van der Waals surface area (Å²) < 4.78 is 19.0. The number of amides is 3. The fourth-order valence-corrected chi connectivity index (χ4v) is 2.18. The van der Waals surface area contributed by atoms with Gasteiger partial charge in [-0.15, -0.1) is 0 Å². The van der Waals surface area contributed by atoms with Crippen molar-refractivity contribution in [1.29, 1.82) is 0 Å². The minimum Gasteiger partial charge on any atom is -0.329 e. The summed E-state index contributed by atoms with van der Waals surface area (Å²) in [5, 5.41) is 0.230. The molecule has 2 heterocycles. The Labute approximate surface area is 104 Å². The van der Waals surface area contributed by atoms with Gasteiger partial charge in [-0.2, -0.15) is 4.39 Å². The zero-order chi connectivity index (χ0) is 12.8. The second-order valence-corrected chi connectivity index (χ2v) is 4.39. The van der Waals surface area contributed by atoms with Crippen molar-refractivity contribution in [3.8, 4) is 0 Å². The quantitative estimate of drug-likeness (QED) is 0.509. The molecule has 1 unspecified atom stereocenters. The van der Waals surface area contributed by atoms with Gasteiger partial charge in [0.15, 0.2) is 4.83 Å².